The lowest BCUT2D eigenvalue weighted by molar-refractivity contribution is -0.143. The summed E-state index contributed by atoms with van der Waals surface area (Å²) in [5, 5.41) is 12.0. The maximum absolute atomic E-state index is 13.6. The Morgan fingerprint density at radius 3 is 2.73 bits per heavy atom. The number of halogens is 2. The number of likely N-dealkylation sites (tertiary alicyclic amines) is 1. The molecule has 2 N–H and O–H groups in total. The molecule has 1 aromatic carbocycles. The minimum absolute atomic E-state index is 0.0877. The Balaban J connectivity index is 2.15. The van der Waals surface area contributed by atoms with Gasteiger partial charge in [-0.1, -0.05) is 18.5 Å². The predicted octanol–water partition coefficient (Wildman–Crippen LogP) is 3.36. The molecule has 22 heavy (non-hydrogen) atoms. The SMILES string of the molecule is Cc1c(F)ccc(Cl)c1NC(=O)N1CC(C)CC(C(=O)O)C1. The third kappa shape index (κ3) is 3.50. The fourth-order valence-electron chi connectivity index (χ4n) is 2.69. The van der Waals surface area contributed by atoms with E-state index >= 15 is 0 Å². The van der Waals surface area contributed by atoms with Crippen molar-refractivity contribution in [2.75, 3.05) is 18.4 Å². The summed E-state index contributed by atoms with van der Waals surface area (Å²) < 4.78 is 13.6. The quantitative estimate of drug-likeness (QED) is 0.874. The van der Waals surface area contributed by atoms with Crippen LogP contribution in [-0.2, 0) is 4.79 Å². The number of hydrogen-bond acceptors (Lipinski definition) is 2. The fraction of sp³-hybridized carbons (Fsp3) is 0.467. The third-order valence-corrected chi connectivity index (χ3v) is 4.19. The number of amides is 2. The van der Waals surface area contributed by atoms with Gasteiger partial charge in [0.1, 0.15) is 5.82 Å². The van der Waals surface area contributed by atoms with Crippen LogP contribution in [0.4, 0.5) is 14.9 Å². The Morgan fingerprint density at radius 2 is 2.09 bits per heavy atom. The Kier molecular flexibility index (Phi) is 4.90. The molecule has 1 heterocycles. The number of anilines is 1. The summed E-state index contributed by atoms with van der Waals surface area (Å²) in [6, 6.07) is 2.14. The second kappa shape index (κ2) is 6.52. The van der Waals surface area contributed by atoms with Crippen LogP contribution in [0.2, 0.25) is 5.02 Å². The predicted molar refractivity (Wildman–Crippen MR) is 81.6 cm³/mol. The van der Waals surface area contributed by atoms with Gasteiger partial charge in [-0.3, -0.25) is 4.79 Å². The molecule has 0 bridgehead atoms. The summed E-state index contributed by atoms with van der Waals surface area (Å²) >= 11 is 6.00. The molecule has 0 aromatic heterocycles. The smallest absolute Gasteiger partial charge is 0.321 e. The number of aliphatic carboxylic acids is 1. The maximum Gasteiger partial charge on any atom is 0.321 e. The van der Waals surface area contributed by atoms with Gasteiger partial charge in [0.15, 0.2) is 0 Å². The number of carbonyl (C=O) groups is 2. The summed E-state index contributed by atoms with van der Waals surface area (Å²) in [5.41, 5.74) is 0.470. The van der Waals surface area contributed by atoms with Crippen molar-refractivity contribution >= 4 is 29.3 Å². The number of piperidine rings is 1. The van der Waals surface area contributed by atoms with Crippen LogP contribution in [0, 0.1) is 24.6 Å². The molecule has 1 saturated heterocycles. The topological polar surface area (TPSA) is 69.6 Å². The molecule has 2 amide bonds. The summed E-state index contributed by atoms with van der Waals surface area (Å²) in [6.45, 7) is 4.02. The molecule has 1 aromatic rings. The molecular formula is C15H18ClFN2O3. The Bertz CT molecular complexity index is 609. The van der Waals surface area contributed by atoms with E-state index in [1.165, 1.54) is 24.0 Å². The van der Waals surface area contributed by atoms with Gasteiger partial charge in [0.25, 0.3) is 0 Å². The number of benzene rings is 1. The van der Waals surface area contributed by atoms with Crippen molar-refractivity contribution in [2.24, 2.45) is 11.8 Å². The standard InChI is InChI=1S/C15H18ClFN2O3/c1-8-5-10(14(20)21)7-19(6-8)15(22)18-13-9(2)12(17)4-3-11(13)16/h3-4,8,10H,5-7H2,1-2H3,(H,18,22)(H,20,21). The molecule has 0 saturated carbocycles. The molecule has 5 nitrogen and oxygen atoms in total. The molecule has 0 radical (unpaired) electrons. The van der Waals surface area contributed by atoms with Crippen LogP contribution in [0.3, 0.4) is 0 Å². The molecule has 7 heteroatoms. The zero-order valence-corrected chi connectivity index (χ0v) is 13.2. The van der Waals surface area contributed by atoms with E-state index in [9.17, 15) is 14.0 Å². The van der Waals surface area contributed by atoms with Gasteiger partial charge < -0.3 is 15.3 Å². The number of nitrogens with zero attached hydrogens (tertiary/aromatic N) is 1. The number of carboxylic acids is 1. The molecule has 120 valence electrons. The van der Waals surface area contributed by atoms with Crippen LogP contribution in [0.5, 0.6) is 0 Å². The molecule has 0 aliphatic carbocycles. The summed E-state index contributed by atoms with van der Waals surface area (Å²) in [7, 11) is 0. The summed E-state index contributed by atoms with van der Waals surface area (Å²) in [5.74, 6) is -1.87. The number of carbonyl (C=O) groups excluding carboxylic acids is 1. The second-order valence-corrected chi connectivity index (χ2v) is 6.15. The summed E-state index contributed by atoms with van der Waals surface area (Å²) in [4.78, 5) is 24.9. The fourth-order valence-corrected chi connectivity index (χ4v) is 2.94. The summed E-state index contributed by atoms with van der Waals surface area (Å²) in [6.07, 6.45) is 0.541. The monoisotopic (exact) mass is 328 g/mol. The molecule has 0 spiro atoms. The average Bonchev–Trinajstić information content (AvgIpc) is 2.46. The number of urea groups is 1. The van der Waals surface area contributed by atoms with E-state index in [-0.39, 0.29) is 28.7 Å². The Morgan fingerprint density at radius 1 is 1.41 bits per heavy atom. The molecular weight excluding hydrogens is 311 g/mol. The number of nitrogens with one attached hydrogen (secondary N) is 1. The van der Waals surface area contributed by atoms with Gasteiger partial charge in [0.05, 0.1) is 16.6 Å². The number of rotatable bonds is 2. The first kappa shape index (κ1) is 16.5. The van der Waals surface area contributed by atoms with E-state index in [2.05, 4.69) is 5.32 Å². The first-order chi connectivity index (χ1) is 10.3. The zero-order chi connectivity index (χ0) is 16.4. The van der Waals surface area contributed by atoms with Crippen LogP contribution in [-0.4, -0.2) is 35.1 Å². The lowest BCUT2D eigenvalue weighted by Gasteiger charge is -2.34. The van der Waals surface area contributed by atoms with E-state index in [0.29, 0.717) is 13.0 Å². The van der Waals surface area contributed by atoms with Crippen molar-refractivity contribution in [2.45, 2.75) is 20.3 Å². The lowest BCUT2D eigenvalue weighted by atomic mass is 9.91. The van der Waals surface area contributed by atoms with Gasteiger partial charge >= 0.3 is 12.0 Å². The van der Waals surface area contributed by atoms with Crippen molar-refractivity contribution < 1.29 is 19.1 Å². The van der Waals surface area contributed by atoms with Gasteiger partial charge in [-0.05, 0) is 31.4 Å². The van der Waals surface area contributed by atoms with Crippen LogP contribution < -0.4 is 5.32 Å². The van der Waals surface area contributed by atoms with Crippen molar-refractivity contribution in [3.63, 3.8) is 0 Å². The maximum atomic E-state index is 13.6. The highest BCUT2D eigenvalue weighted by Gasteiger charge is 2.32. The third-order valence-electron chi connectivity index (χ3n) is 3.88. The van der Waals surface area contributed by atoms with Crippen molar-refractivity contribution in [3.05, 3.63) is 28.5 Å². The van der Waals surface area contributed by atoms with Crippen molar-refractivity contribution in [1.82, 2.24) is 4.90 Å². The van der Waals surface area contributed by atoms with E-state index < -0.39 is 23.7 Å². The normalized spacial score (nSPS) is 21.5. The molecule has 1 aliphatic rings. The van der Waals surface area contributed by atoms with Crippen LogP contribution in [0.15, 0.2) is 12.1 Å². The van der Waals surface area contributed by atoms with Gasteiger partial charge in [-0.25, -0.2) is 9.18 Å². The second-order valence-electron chi connectivity index (χ2n) is 5.74. The van der Waals surface area contributed by atoms with Gasteiger partial charge in [-0.2, -0.15) is 0 Å². The minimum atomic E-state index is -0.913. The van der Waals surface area contributed by atoms with E-state index in [1.54, 1.807) is 0 Å². The molecule has 2 atom stereocenters. The minimum Gasteiger partial charge on any atom is -0.481 e. The number of carboxylic acid groups (broad SMARTS) is 1. The van der Waals surface area contributed by atoms with Gasteiger partial charge in [-0.15, -0.1) is 0 Å². The van der Waals surface area contributed by atoms with E-state index in [4.69, 9.17) is 16.7 Å². The first-order valence-corrected chi connectivity index (χ1v) is 7.40. The van der Waals surface area contributed by atoms with E-state index in [1.807, 2.05) is 6.92 Å². The van der Waals surface area contributed by atoms with Crippen LogP contribution in [0.1, 0.15) is 18.9 Å². The first-order valence-electron chi connectivity index (χ1n) is 7.03. The zero-order valence-electron chi connectivity index (χ0n) is 12.4. The lowest BCUT2D eigenvalue weighted by Crippen LogP contribution is -2.47. The van der Waals surface area contributed by atoms with Crippen molar-refractivity contribution in [1.29, 1.82) is 0 Å². The molecule has 1 fully saturated rings. The van der Waals surface area contributed by atoms with Crippen LogP contribution in [0.25, 0.3) is 0 Å². The highest BCUT2D eigenvalue weighted by atomic mass is 35.5. The molecule has 2 unspecified atom stereocenters. The highest BCUT2D eigenvalue weighted by molar-refractivity contribution is 6.33. The average molecular weight is 329 g/mol. The largest absolute Gasteiger partial charge is 0.481 e. The number of hydrogen-bond donors (Lipinski definition) is 2. The van der Waals surface area contributed by atoms with Gasteiger partial charge in [0.2, 0.25) is 0 Å². The Labute approximate surface area is 133 Å². The molecule has 1 aliphatic heterocycles. The van der Waals surface area contributed by atoms with Crippen LogP contribution >= 0.6 is 11.6 Å². The van der Waals surface area contributed by atoms with Crippen molar-refractivity contribution in [3.8, 4) is 0 Å². The van der Waals surface area contributed by atoms with Gasteiger partial charge in [0, 0.05) is 18.7 Å². The highest BCUT2D eigenvalue weighted by Crippen LogP contribution is 2.29. The van der Waals surface area contributed by atoms with E-state index in [0.717, 1.165) is 0 Å². The Hall–Kier alpha value is -1.82. The molecule has 2 rings (SSSR count).